The van der Waals surface area contributed by atoms with Crippen LogP contribution >= 0.6 is 23.1 Å². The van der Waals surface area contributed by atoms with Gasteiger partial charge in [0, 0.05) is 12.5 Å². The lowest BCUT2D eigenvalue weighted by molar-refractivity contribution is -0.143. The molecular formula is C16H19N3O5S2. The van der Waals surface area contributed by atoms with E-state index in [0.717, 1.165) is 6.26 Å². The van der Waals surface area contributed by atoms with Gasteiger partial charge in [-0.2, -0.15) is 0 Å². The summed E-state index contributed by atoms with van der Waals surface area (Å²) >= 11 is 2.55. The summed E-state index contributed by atoms with van der Waals surface area (Å²) in [7, 11) is 0. The molecule has 10 heteroatoms. The van der Waals surface area contributed by atoms with Gasteiger partial charge in [-0.05, 0) is 20.8 Å². The highest BCUT2D eigenvalue weighted by molar-refractivity contribution is 8.00. The lowest BCUT2D eigenvalue weighted by atomic mass is 9.97. The molecule has 0 unspecified atom stereocenters. The summed E-state index contributed by atoms with van der Waals surface area (Å²) in [5.74, 6) is -0.0328. The average Bonchev–Trinajstić information content (AvgIpc) is 3.01. The Balaban J connectivity index is 1.97. The van der Waals surface area contributed by atoms with Gasteiger partial charge in [0.15, 0.2) is 4.34 Å². The predicted octanol–water partition coefficient (Wildman–Crippen LogP) is 3.08. The van der Waals surface area contributed by atoms with E-state index in [1.165, 1.54) is 29.2 Å². The number of nitrogens with zero attached hydrogens (tertiary/aromatic N) is 2. The van der Waals surface area contributed by atoms with E-state index in [-0.39, 0.29) is 11.7 Å². The van der Waals surface area contributed by atoms with E-state index in [1.807, 2.05) is 0 Å². The highest BCUT2D eigenvalue weighted by atomic mass is 32.2. The standard InChI is InChI=1S/C16H19N3O5S2/c1-5-12(21)17-14-18-19-15(26-14)25-8-9-6-10(20)11(7-23-9)24-13(22)16(2,3)4/h6-7H,5,8H2,1-4H3,(H,17,18,21). The van der Waals surface area contributed by atoms with Crippen molar-refractivity contribution in [2.75, 3.05) is 5.32 Å². The van der Waals surface area contributed by atoms with E-state index in [4.69, 9.17) is 9.15 Å². The molecule has 0 atom stereocenters. The third-order valence-corrected chi connectivity index (χ3v) is 4.97. The summed E-state index contributed by atoms with van der Waals surface area (Å²) in [6, 6.07) is 1.28. The second-order valence-corrected chi connectivity index (χ2v) is 8.48. The van der Waals surface area contributed by atoms with Crippen molar-refractivity contribution in [2.24, 2.45) is 5.41 Å². The Kier molecular flexibility index (Phi) is 6.54. The Morgan fingerprint density at radius 3 is 2.69 bits per heavy atom. The van der Waals surface area contributed by atoms with E-state index >= 15 is 0 Å². The normalized spacial score (nSPS) is 11.2. The van der Waals surface area contributed by atoms with Crippen molar-refractivity contribution in [1.29, 1.82) is 0 Å². The molecule has 8 nitrogen and oxygen atoms in total. The second-order valence-electron chi connectivity index (χ2n) is 6.28. The fourth-order valence-corrected chi connectivity index (χ4v) is 3.16. The zero-order valence-electron chi connectivity index (χ0n) is 14.8. The van der Waals surface area contributed by atoms with E-state index < -0.39 is 16.8 Å². The van der Waals surface area contributed by atoms with Crippen LogP contribution in [0.2, 0.25) is 0 Å². The number of nitrogens with one attached hydrogen (secondary N) is 1. The molecule has 0 radical (unpaired) electrons. The Morgan fingerprint density at radius 2 is 2.08 bits per heavy atom. The van der Waals surface area contributed by atoms with Gasteiger partial charge in [-0.3, -0.25) is 14.4 Å². The lowest BCUT2D eigenvalue weighted by Crippen LogP contribution is -2.27. The van der Waals surface area contributed by atoms with Crippen LogP contribution in [-0.4, -0.2) is 22.1 Å². The van der Waals surface area contributed by atoms with E-state index in [2.05, 4.69) is 15.5 Å². The zero-order valence-corrected chi connectivity index (χ0v) is 16.5. The van der Waals surface area contributed by atoms with Crippen LogP contribution < -0.4 is 15.5 Å². The minimum atomic E-state index is -0.719. The topological polar surface area (TPSA) is 111 Å². The molecule has 0 aliphatic rings. The molecule has 0 spiro atoms. The van der Waals surface area contributed by atoms with Crippen molar-refractivity contribution in [2.45, 2.75) is 44.2 Å². The van der Waals surface area contributed by atoms with Gasteiger partial charge in [-0.15, -0.1) is 10.2 Å². The molecule has 1 N–H and O–H groups in total. The maximum absolute atomic E-state index is 12.1. The quantitative estimate of drug-likeness (QED) is 0.450. The maximum Gasteiger partial charge on any atom is 0.316 e. The second kappa shape index (κ2) is 8.45. The number of anilines is 1. The molecule has 0 bridgehead atoms. The Bertz CT molecular complexity index is 854. The summed E-state index contributed by atoms with van der Waals surface area (Å²) < 4.78 is 11.0. The van der Waals surface area contributed by atoms with Crippen LogP contribution in [0.5, 0.6) is 5.75 Å². The first kappa shape index (κ1) is 20.1. The Labute approximate surface area is 158 Å². The molecule has 140 valence electrons. The minimum Gasteiger partial charge on any atom is -0.464 e. The molecule has 1 amide bonds. The summed E-state index contributed by atoms with van der Waals surface area (Å²) in [6.07, 6.45) is 1.49. The molecule has 0 saturated heterocycles. The summed E-state index contributed by atoms with van der Waals surface area (Å²) in [5, 5.41) is 10.9. The van der Waals surface area contributed by atoms with Crippen LogP contribution in [0.3, 0.4) is 0 Å². The predicted molar refractivity (Wildman–Crippen MR) is 98.5 cm³/mol. The molecule has 2 aromatic rings. The summed E-state index contributed by atoms with van der Waals surface area (Å²) in [6.45, 7) is 6.83. The average molecular weight is 397 g/mol. The molecule has 0 saturated carbocycles. The first-order valence-electron chi connectivity index (χ1n) is 7.79. The number of rotatable bonds is 6. The SMILES string of the molecule is CCC(=O)Nc1nnc(SCc2cc(=O)c(OC(=O)C(C)(C)C)co2)s1. The van der Waals surface area contributed by atoms with Gasteiger partial charge in [0.05, 0.1) is 11.2 Å². The van der Waals surface area contributed by atoms with Gasteiger partial charge in [0.1, 0.15) is 12.0 Å². The fourth-order valence-electron chi connectivity index (χ4n) is 1.50. The number of esters is 1. The van der Waals surface area contributed by atoms with Crippen LogP contribution in [0.4, 0.5) is 5.13 Å². The third-order valence-electron chi connectivity index (χ3n) is 2.98. The Hall–Kier alpha value is -2.20. The number of carbonyl (C=O) groups excluding carboxylic acids is 2. The number of hydrogen-bond acceptors (Lipinski definition) is 9. The van der Waals surface area contributed by atoms with E-state index in [0.29, 0.717) is 27.4 Å². The molecule has 26 heavy (non-hydrogen) atoms. The van der Waals surface area contributed by atoms with Gasteiger partial charge in [-0.1, -0.05) is 30.0 Å². The number of aromatic nitrogens is 2. The minimum absolute atomic E-state index is 0.135. The fraction of sp³-hybridized carbons (Fsp3) is 0.438. The molecule has 0 aliphatic heterocycles. The van der Waals surface area contributed by atoms with Crippen LogP contribution in [0.25, 0.3) is 0 Å². The van der Waals surface area contributed by atoms with Crippen molar-refractivity contribution in [1.82, 2.24) is 10.2 Å². The Morgan fingerprint density at radius 1 is 1.35 bits per heavy atom. The van der Waals surface area contributed by atoms with Crippen LogP contribution in [0, 0.1) is 5.41 Å². The van der Waals surface area contributed by atoms with E-state index in [1.54, 1.807) is 27.7 Å². The third kappa shape index (κ3) is 5.67. The summed E-state index contributed by atoms with van der Waals surface area (Å²) in [4.78, 5) is 35.2. The number of thioether (sulfide) groups is 1. The van der Waals surface area contributed by atoms with Crippen LogP contribution in [0.15, 0.2) is 25.9 Å². The highest BCUT2D eigenvalue weighted by Gasteiger charge is 2.25. The smallest absolute Gasteiger partial charge is 0.316 e. The van der Waals surface area contributed by atoms with Crippen molar-refractivity contribution in [3.63, 3.8) is 0 Å². The lowest BCUT2D eigenvalue weighted by Gasteiger charge is -2.15. The first-order chi connectivity index (χ1) is 12.2. The highest BCUT2D eigenvalue weighted by Crippen LogP contribution is 2.28. The molecule has 0 fully saturated rings. The van der Waals surface area contributed by atoms with Gasteiger partial charge < -0.3 is 14.5 Å². The molecule has 2 aromatic heterocycles. The number of amides is 1. The summed E-state index contributed by atoms with van der Waals surface area (Å²) in [5.41, 5.74) is -1.15. The van der Waals surface area contributed by atoms with Gasteiger partial charge in [0.25, 0.3) is 0 Å². The van der Waals surface area contributed by atoms with Crippen molar-refractivity contribution in [3.05, 3.63) is 28.3 Å². The largest absolute Gasteiger partial charge is 0.464 e. The monoisotopic (exact) mass is 397 g/mol. The van der Waals surface area contributed by atoms with Crippen molar-refractivity contribution in [3.8, 4) is 5.75 Å². The van der Waals surface area contributed by atoms with Gasteiger partial charge >= 0.3 is 5.97 Å². The number of hydrogen-bond donors (Lipinski definition) is 1. The molecular weight excluding hydrogens is 378 g/mol. The zero-order chi connectivity index (χ0) is 19.3. The van der Waals surface area contributed by atoms with Crippen molar-refractivity contribution >= 4 is 40.1 Å². The maximum atomic E-state index is 12.1. The van der Waals surface area contributed by atoms with E-state index in [9.17, 15) is 14.4 Å². The molecule has 0 aliphatic carbocycles. The molecule has 2 heterocycles. The van der Waals surface area contributed by atoms with Gasteiger partial charge in [-0.25, -0.2) is 0 Å². The van der Waals surface area contributed by atoms with Gasteiger partial charge in [0.2, 0.25) is 22.2 Å². The van der Waals surface area contributed by atoms with Crippen LogP contribution in [0.1, 0.15) is 39.9 Å². The first-order valence-corrected chi connectivity index (χ1v) is 9.59. The molecule has 2 rings (SSSR count). The number of carbonyl (C=O) groups is 2. The number of ether oxygens (including phenoxy) is 1. The van der Waals surface area contributed by atoms with Crippen molar-refractivity contribution < 1.29 is 18.7 Å². The molecule has 0 aromatic carbocycles. The van der Waals surface area contributed by atoms with Crippen LogP contribution in [-0.2, 0) is 15.3 Å².